The second-order valence-electron chi connectivity index (χ2n) is 5.33. The predicted molar refractivity (Wildman–Crippen MR) is 77.3 cm³/mol. The monoisotopic (exact) mass is 279 g/mol. The molecule has 0 saturated carbocycles. The van der Waals surface area contributed by atoms with Gasteiger partial charge in [0.2, 0.25) is 5.91 Å². The number of benzene rings is 1. The molecule has 0 radical (unpaired) electrons. The van der Waals surface area contributed by atoms with Crippen molar-refractivity contribution in [2.24, 2.45) is 5.92 Å². The quantitative estimate of drug-likeness (QED) is 0.838. The molecule has 0 heterocycles. The van der Waals surface area contributed by atoms with Crippen LogP contribution in [0.2, 0.25) is 0 Å². The number of carboxylic acids is 1. The summed E-state index contributed by atoms with van der Waals surface area (Å²) in [5.74, 6) is -0.495. The van der Waals surface area contributed by atoms with E-state index in [2.05, 4.69) is 5.32 Å². The van der Waals surface area contributed by atoms with Gasteiger partial charge in [-0.15, -0.1) is 0 Å². The predicted octanol–water partition coefficient (Wildman–Crippen LogP) is 3.16. The zero-order valence-corrected chi connectivity index (χ0v) is 12.3. The Hall–Kier alpha value is -2.04. The van der Waals surface area contributed by atoms with Gasteiger partial charge >= 0.3 is 5.97 Å². The van der Waals surface area contributed by atoms with Gasteiger partial charge in [0.1, 0.15) is 5.75 Å². The van der Waals surface area contributed by atoms with Crippen LogP contribution in [-0.4, -0.2) is 23.1 Å². The molecule has 2 N–H and O–H groups in total. The third-order valence-corrected chi connectivity index (χ3v) is 2.46. The Balaban J connectivity index is 3.01. The lowest BCUT2D eigenvalue weighted by Gasteiger charge is -2.16. The van der Waals surface area contributed by atoms with Gasteiger partial charge in [-0.3, -0.25) is 4.79 Å². The number of carbonyl (C=O) groups is 2. The van der Waals surface area contributed by atoms with Crippen LogP contribution < -0.4 is 10.1 Å². The fourth-order valence-corrected chi connectivity index (χ4v) is 1.69. The van der Waals surface area contributed by atoms with Gasteiger partial charge in [0.25, 0.3) is 0 Å². The Morgan fingerprint density at radius 1 is 1.25 bits per heavy atom. The number of anilines is 1. The van der Waals surface area contributed by atoms with Crippen molar-refractivity contribution < 1.29 is 19.4 Å². The third-order valence-electron chi connectivity index (χ3n) is 2.46. The molecule has 1 aromatic carbocycles. The number of carbonyl (C=O) groups excluding carboxylic acids is 1. The van der Waals surface area contributed by atoms with E-state index < -0.39 is 5.97 Å². The maximum atomic E-state index is 11.8. The number of hydrogen-bond donors (Lipinski definition) is 2. The highest BCUT2D eigenvalue weighted by molar-refractivity contribution is 5.95. The first-order chi connectivity index (χ1) is 9.29. The average molecular weight is 279 g/mol. The first kappa shape index (κ1) is 16.0. The fraction of sp³-hybridized carbons (Fsp3) is 0.467. The van der Waals surface area contributed by atoms with Crippen molar-refractivity contribution in [3.63, 3.8) is 0 Å². The van der Waals surface area contributed by atoms with Crippen LogP contribution in [0.1, 0.15) is 44.5 Å². The zero-order chi connectivity index (χ0) is 15.3. The highest BCUT2D eigenvalue weighted by atomic mass is 16.5. The standard InChI is InChI=1S/C15H21NO4/c1-9(2)7-14(17)16-12-8-11(15(18)19)5-6-13(12)20-10(3)4/h5-6,8-10H,7H2,1-4H3,(H,16,17)(H,18,19). The molecule has 0 aliphatic carbocycles. The van der Waals surface area contributed by atoms with Crippen molar-refractivity contribution in [2.75, 3.05) is 5.32 Å². The number of aromatic carboxylic acids is 1. The number of ether oxygens (including phenoxy) is 1. The highest BCUT2D eigenvalue weighted by Crippen LogP contribution is 2.27. The molecule has 110 valence electrons. The van der Waals surface area contributed by atoms with Gasteiger partial charge in [0, 0.05) is 6.42 Å². The van der Waals surface area contributed by atoms with Crippen LogP contribution in [0.4, 0.5) is 5.69 Å². The van der Waals surface area contributed by atoms with Crippen LogP contribution >= 0.6 is 0 Å². The van der Waals surface area contributed by atoms with E-state index in [1.54, 1.807) is 6.07 Å². The molecular formula is C15H21NO4. The van der Waals surface area contributed by atoms with Gasteiger partial charge in [-0.1, -0.05) is 13.8 Å². The first-order valence-corrected chi connectivity index (χ1v) is 6.63. The van der Waals surface area contributed by atoms with Crippen LogP contribution in [0.3, 0.4) is 0 Å². The summed E-state index contributed by atoms with van der Waals surface area (Å²) in [6.07, 6.45) is 0.310. The molecule has 0 spiro atoms. The van der Waals surface area contributed by atoms with Crippen molar-refractivity contribution in [1.29, 1.82) is 0 Å². The minimum atomic E-state index is -1.04. The van der Waals surface area contributed by atoms with Crippen molar-refractivity contribution in [3.8, 4) is 5.75 Å². The first-order valence-electron chi connectivity index (χ1n) is 6.63. The van der Waals surface area contributed by atoms with Crippen molar-refractivity contribution in [2.45, 2.75) is 40.2 Å². The van der Waals surface area contributed by atoms with E-state index in [0.29, 0.717) is 17.9 Å². The van der Waals surface area contributed by atoms with Crippen LogP contribution in [-0.2, 0) is 4.79 Å². The maximum absolute atomic E-state index is 11.8. The zero-order valence-electron chi connectivity index (χ0n) is 12.3. The molecule has 1 aromatic rings. The normalized spacial score (nSPS) is 10.7. The van der Waals surface area contributed by atoms with Gasteiger partial charge in [-0.05, 0) is 38.0 Å². The Kier molecular flexibility index (Phi) is 5.55. The maximum Gasteiger partial charge on any atom is 0.335 e. The summed E-state index contributed by atoms with van der Waals surface area (Å²) >= 11 is 0. The number of carboxylic acid groups (broad SMARTS) is 1. The van der Waals surface area contributed by atoms with Crippen LogP contribution in [0.25, 0.3) is 0 Å². The molecule has 0 aliphatic heterocycles. The van der Waals surface area contributed by atoms with Gasteiger partial charge in [0.05, 0.1) is 17.4 Å². The molecule has 5 nitrogen and oxygen atoms in total. The van der Waals surface area contributed by atoms with E-state index in [-0.39, 0.29) is 23.5 Å². The highest BCUT2D eigenvalue weighted by Gasteiger charge is 2.13. The lowest BCUT2D eigenvalue weighted by Crippen LogP contribution is -2.16. The largest absolute Gasteiger partial charge is 0.489 e. The number of rotatable bonds is 6. The smallest absolute Gasteiger partial charge is 0.335 e. The van der Waals surface area contributed by atoms with E-state index >= 15 is 0 Å². The summed E-state index contributed by atoms with van der Waals surface area (Å²) in [4.78, 5) is 22.8. The Morgan fingerprint density at radius 3 is 2.40 bits per heavy atom. The number of hydrogen-bond acceptors (Lipinski definition) is 3. The molecule has 0 saturated heterocycles. The second kappa shape index (κ2) is 6.93. The van der Waals surface area contributed by atoms with Crippen LogP contribution in [0.5, 0.6) is 5.75 Å². The Bertz CT molecular complexity index is 495. The molecule has 5 heteroatoms. The molecule has 0 unspecified atom stereocenters. The van der Waals surface area contributed by atoms with E-state index in [4.69, 9.17) is 9.84 Å². The lowest BCUT2D eigenvalue weighted by atomic mass is 10.1. The molecule has 0 aliphatic rings. The van der Waals surface area contributed by atoms with Gasteiger partial charge in [-0.2, -0.15) is 0 Å². The van der Waals surface area contributed by atoms with E-state index in [1.807, 2.05) is 27.7 Å². The van der Waals surface area contributed by atoms with E-state index in [0.717, 1.165) is 0 Å². The molecule has 1 amide bonds. The van der Waals surface area contributed by atoms with Crippen molar-refractivity contribution in [1.82, 2.24) is 0 Å². The molecular weight excluding hydrogens is 258 g/mol. The summed E-state index contributed by atoms with van der Waals surface area (Å²) in [7, 11) is 0. The molecule has 1 rings (SSSR count). The third kappa shape index (κ3) is 4.91. The van der Waals surface area contributed by atoms with E-state index in [9.17, 15) is 9.59 Å². The Morgan fingerprint density at radius 2 is 1.90 bits per heavy atom. The summed E-state index contributed by atoms with van der Waals surface area (Å²) in [5, 5.41) is 11.7. The average Bonchev–Trinajstić information content (AvgIpc) is 2.29. The summed E-state index contributed by atoms with van der Waals surface area (Å²) < 4.78 is 5.58. The number of nitrogens with one attached hydrogen (secondary N) is 1. The molecule has 0 bridgehead atoms. The number of amides is 1. The van der Waals surface area contributed by atoms with Gasteiger partial charge in [0.15, 0.2) is 0 Å². The van der Waals surface area contributed by atoms with Gasteiger partial charge in [-0.25, -0.2) is 4.79 Å². The summed E-state index contributed by atoms with van der Waals surface area (Å²) in [6.45, 7) is 7.62. The lowest BCUT2D eigenvalue weighted by molar-refractivity contribution is -0.116. The topological polar surface area (TPSA) is 75.6 Å². The summed E-state index contributed by atoms with van der Waals surface area (Å²) in [5.41, 5.74) is 0.505. The van der Waals surface area contributed by atoms with Crippen LogP contribution in [0.15, 0.2) is 18.2 Å². The fourth-order valence-electron chi connectivity index (χ4n) is 1.69. The summed E-state index contributed by atoms with van der Waals surface area (Å²) in [6, 6.07) is 4.44. The minimum absolute atomic E-state index is 0.0635. The molecule has 0 fully saturated rings. The second-order valence-corrected chi connectivity index (χ2v) is 5.33. The minimum Gasteiger partial charge on any atom is -0.489 e. The van der Waals surface area contributed by atoms with E-state index in [1.165, 1.54) is 12.1 Å². The van der Waals surface area contributed by atoms with Gasteiger partial charge < -0.3 is 15.2 Å². The van der Waals surface area contributed by atoms with Crippen LogP contribution in [0, 0.1) is 5.92 Å². The molecule has 0 atom stereocenters. The SMILES string of the molecule is CC(C)CC(=O)Nc1cc(C(=O)O)ccc1OC(C)C. The molecule has 0 aromatic heterocycles. The van der Waals surface area contributed by atoms with Crippen molar-refractivity contribution >= 4 is 17.6 Å². The van der Waals surface area contributed by atoms with Crippen molar-refractivity contribution in [3.05, 3.63) is 23.8 Å². The molecule has 20 heavy (non-hydrogen) atoms. The Labute approximate surface area is 118 Å².